The maximum absolute atomic E-state index is 12.4. The zero-order valence-corrected chi connectivity index (χ0v) is 12.4. The van der Waals surface area contributed by atoms with E-state index in [1.165, 1.54) is 12.1 Å². The molecule has 0 unspecified atom stereocenters. The van der Waals surface area contributed by atoms with E-state index in [0.29, 0.717) is 3.57 Å². The summed E-state index contributed by atoms with van der Waals surface area (Å²) in [6, 6.07) is 4.40. The van der Waals surface area contributed by atoms with E-state index in [9.17, 15) is 18.0 Å². The van der Waals surface area contributed by atoms with Crippen LogP contribution in [0.25, 0.3) is 0 Å². The predicted molar refractivity (Wildman–Crippen MR) is 70.9 cm³/mol. The number of halogens is 4. The lowest BCUT2D eigenvalue weighted by Crippen LogP contribution is -2.20. The molecule has 0 N–H and O–H groups in total. The van der Waals surface area contributed by atoms with Gasteiger partial charge in [0.1, 0.15) is 11.6 Å². The Morgan fingerprint density at radius 1 is 1.45 bits per heavy atom. The fourth-order valence-electron chi connectivity index (χ4n) is 1.44. The van der Waals surface area contributed by atoms with Crippen LogP contribution in [0, 0.1) is 14.9 Å². The molecule has 0 spiro atoms. The number of nitriles is 1. The lowest BCUT2D eigenvalue weighted by Gasteiger charge is -2.15. The number of hydrogen-bond acceptors (Lipinski definition) is 4. The van der Waals surface area contributed by atoms with E-state index in [2.05, 4.69) is 9.47 Å². The Bertz CT molecular complexity index is 552. The van der Waals surface area contributed by atoms with Crippen molar-refractivity contribution in [2.75, 3.05) is 6.61 Å². The largest absolute Gasteiger partial charge is 0.573 e. The third-order valence-corrected chi connectivity index (χ3v) is 3.06. The molecule has 0 aromatic heterocycles. The number of rotatable bonds is 4. The molecule has 0 saturated heterocycles. The van der Waals surface area contributed by atoms with Crippen molar-refractivity contribution < 1.29 is 27.4 Å². The molecule has 1 aromatic carbocycles. The molecule has 20 heavy (non-hydrogen) atoms. The standard InChI is InChI=1S/C12H9F3INO3/c1-2-19-10(18)5-7-3-4-9(16)8(6-17)11(7)20-12(13,14)15/h3-4H,2,5H2,1H3. The Kier molecular flexibility index (Phi) is 5.62. The fourth-order valence-corrected chi connectivity index (χ4v) is 1.99. The minimum absolute atomic E-state index is 0.0438. The van der Waals surface area contributed by atoms with Gasteiger partial charge in [-0.15, -0.1) is 13.2 Å². The van der Waals surface area contributed by atoms with E-state index in [4.69, 9.17) is 5.26 Å². The zero-order valence-electron chi connectivity index (χ0n) is 10.3. The van der Waals surface area contributed by atoms with E-state index in [1.807, 2.05) is 0 Å². The van der Waals surface area contributed by atoms with Crippen LogP contribution in [0.3, 0.4) is 0 Å². The number of esters is 1. The summed E-state index contributed by atoms with van der Waals surface area (Å²) in [5, 5.41) is 8.94. The van der Waals surface area contributed by atoms with Crippen LogP contribution in [-0.4, -0.2) is 18.9 Å². The van der Waals surface area contributed by atoms with Crippen LogP contribution >= 0.6 is 22.6 Å². The van der Waals surface area contributed by atoms with E-state index in [0.717, 1.165) is 0 Å². The number of nitrogens with zero attached hydrogens (tertiary/aromatic N) is 1. The van der Waals surface area contributed by atoms with Gasteiger partial charge < -0.3 is 9.47 Å². The molecule has 0 bridgehead atoms. The summed E-state index contributed by atoms with van der Waals surface area (Å²) >= 11 is 1.72. The van der Waals surface area contributed by atoms with Gasteiger partial charge in [-0.05, 0) is 35.6 Å². The van der Waals surface area contributed by atoms with Gasteiger partial charge in [0.2, 0.25) is 0 Å². The molecular formula is C12H9F3INO3. The molecule has 1 aromatic rings. The van der Waals surface area contributed by atoms with Crippen LogP contribution in [0.15, 0.2) is 12.1 Å². The Balaban J connectivity index is 3.23. The van der Waals surface area contributed by atoms with Gasteiger partial charge in [-0.25, -0.2) is 0 Å². The Hall–Kier alpha value is -1.50. The molecule has 0 atom stereocenters. The lowest BCUT2D eigenvalue weighted by molar-refractivity contribution is -0.275. The topological polar surface area (TPSA) is 59.3 Å². The molecule has 108 valence electrons. The van der Waals surface area contributed by atoms with E-state index >= 15 is 0 Å². The second-order valence-electron chi connectivity index (χ2n) is 3.55. The third kappa shape index (κ3) is 4.56. The summed E-state index contributed by atoms with van der Waals surface area (Å²) in [5.41, 5.74) is -0.303. The van der Waals surface area contributed by atoms with Crippen LogP contribution in [-0.2, 0) is 16.0 Å². The van der Waals surface area contributed by atoms with Crippen LogP contribution in [0.4, 0.5) is 13.2 Å². The predicted octanol–water partition coefficient (Wildman–Crippen LogP) is 3.17. The van der Waals surface area contributed by atoms with Gasteiger partial charge in [-0.2, -0.15) is 5.26 Å². The molecule has 1 rings (SSSR count). The van der Waals surface area contributed by atoms with Crippen molar-refractivity contribution in [2.24, 2.45) is 0 Å². The van der Waals surface area contributed by atoms with Gasteiger partial charge in [-0.1, -0.05) is 6.07 Å². The first-order valence-electron chi connectivity index (χ1n) is 5.41. The average molecular weight is 399 g/mol. The molecule has 0 amide bonds. The number of ether oxygens (including phenoxy) is 2. The van der Waals surface area contributed by atoms with Crippen molar-refractivity contribution in [1.29, 1.82) is 5.26 Å². The van der Waals surface area contributed by atoms with E-state index in [1.54, 1.807) is 35.6 Å². The van der Waals surface area contributed by atoms with E-state index in [-0.39, 0.29) is 17.7 Å². The quantitative estimate of drug-likeness (QED) is 0.577. The highest BCUT2D eigenvalue weighted by Gasteiger charge is 2.34. The highest BCUT2D eigenvalue weighted by molar-refractivity contribution is 14.1. The van der Waals surface area contributed by atoms with Crippen molar-refractivity contribution >= 4 is 28.6 Å². The zero-order chi connectivity index (χ0) is 15.3. The molecule has 0 radical (unpaired) electrons. The molecule has 4 nitrogen and oxygen atoms in total. The Morgan fingerprint density at radius 2 is 2.10 bits per heavy atom. The molecule has 0 fully saturated rings. The van der Waals surface area contributed by atoms with E-state index < -0.39 is 24.5 Å². The summed E-state index contributed by atoms with van der Waals surface area (Å²) < 4.78 is 46.1. The minimum atomic E-state index is -4.94. The van der Waals surface area contributed by atoms with Crippen molar-refractivity contribution in [2.45, 2.75) is 19.7 Å². The van der Waals surface area contributed by atoms with Gasteiger partial charge in [0.25, 0.3) is 0 Å². The molecule has 0 aliphatic rings. The smallest absolute Gasteiger partial charge is 0.466 e. The summed E-state index contributed by atoms with van der Waals surface area (Å²) in [6.07, 6.45) is -5.34. The molecule has 8 heteroatoms. The van der Waals surface area contributed by atoms with Gasteiger partial charge in [0.05, 0.1) is 13.0 Å². The maximum atomic E-state index is 12.4. The fraction of sp³-hybridized carbons (Fsp3) is 0.333. The maximum Gasteiger partial charge on any atom is 0.573 e. The molecule has 0 aliphatic heterocycles. The second kappa shape index (κ2) is 6.78. The normalized spacial score (nSPS) is 10.8. The first-order chi connectivity index (χ1) is 9.28. The van der Waals surface area contributed by atoms with Crippen LogP contribution in [0.2, 0.25) is 0 Å². The van der Waals surface area contributed by atoms with Crippen molar-refractivity contribution in [3.05, 3.63) is 26.8 Å². The average Bonchev–Trinajstić information content (AvgIpc) is 2.31. The number of hydrogen-bond donors (Lipinski definition) is 0. The molecule has 0 saturated carbocycles. The SMILES string of the molecule is CCOC(=O)Cc1ccc(I)c(C#N)c1OC(F)(F)F. The highest BCUT2D eigenvalue weighted by atomic mass is 127. The summed E-state index contributed by atoms with van der Waals surface area (Å²) in [5.74, 6) is -1.34. The Labute approximate surface area is 126 Å². The first-order valence-corrected chi connectivity index (χ1v) is 6.49. The molecule has 0 aliphatic carbocycles. The number of alkyl halides is 3. The number of benzene rings is 1. The number of carbonyl (C=O) groups excluding carboxylic acids is 1. The van der Waals surface area contributed by atoms with Gasteiger partial charge in [-0.3, -0.25) is 4.79 Å². The highest BCUT2D eigenvalue weighted by Crippen LogP contribution is 2.33. The Morgan fingerprint density at radius 3 is 2.60 bits per heavy atom. The second-order valence-corrected chi connectivity index (χ2v) is 4.71. The van der Waals surface area contributed by atoms with Crippen LogP contribution in [0.5, 0.6) is 5.75 Å². The van der Waals surface area contributed by atoms with Gasteiger partial charge >= 0.3 is 12.3 Å². The van der Waals surface area contributed by atoms with Crippen molar-refractivity contribution in [1.82, 2.24) is 0 Å². The summed E-state index contributed by atoms with van der Waals surface area (Å²) in [6.45, 7) is 1.70. The van der Waals surface area contributed by atoms with Crippen molar-refractivity contribution in [3.8, 4) is 11.8 Å². The summed E-state index contributed by atoms with van der Waals surface area (Å²) in [7, 11) is 0. The minimum Gasteiger partial charge on any atom is -0.466 e. The van der Waals surface area contributed by atoms with Crippen molar-refractivity contribution in [3.63, 3.8) is 0 Å². The van der Waals surface area contributed by atoms with Crippen LogP contribution < -0.4 is 4.74 Å². The molecular weight excluding hydrogens is 390 g/mol. The third-order valence-electron chi connectivity index (χ3n) is 2.16. The van der Waals surface area contributed by atoms with Gasteiger partial charge in [0.15, 0.2) is 5.75 Å². The number of carbonyl (C=O) groups is 1. The monoisotopic (exact) mass is 399 g/mol. The van der Waals surface area contributed by atoms with Crippen LogP contribution in [0.1, 0.15) is 18.1 Å². The lowest BCUT2D eigenvalue weighted by atomic mass is 10.1. The first kappa shape index (κ1) is 16.6. The molecule has 0 heterocycles. The van der Waals surface area contributed by atoms with Gasteiger partial charge in [0, 0.05) is 9.13 Å². The summed E-state index contributed by atoms with van der Waals surface area (Å²) in [4.78, 5) is 11.4.